The molecule has 0 spiro atoms. The molecule has 1 heterocycles. The van der Waals surface area contributed by atoms with E-state index in [0.717, 1.165) is 5.69 Å². The Bertz CT molecular complexity index is 625. The summed E-state index contributed by atoms with van der Waals surface area (Å²) < 4.78 is 1.97. The van der Waals surface area contributed by atoms with Gasteiger partial charge in [-0.15, -0.1) is 0 Å². The highest BCUT2D eigenvalue weighted by atomic mass is 15.3. The van der Waals surface area contributed by atoms with Crippen molar-refractivity contribution >= 4 is 0 Å². The van der Waals surface area contributed by atoms with E-state index < -0.39 is 0 Å². The van der Waals surface area contributed by atoms with E-state index in [1.54, 1.807) is 0 Å². The molecule has 1 aliphatic rings. The molecule has 0 aliphatic heterocycles. The van der Waals surface area contributed by atoms with Crippen LogP contribution in [0.2, 0.25) is 0 Å². The first-order valence-electron chi connectivity index (χ1n) is 6.92. The number of aromatic nitrogens is 2. The normalized spacial score (nSPS) is 17.8. The van der Waals surface area contributed by atoms with Gasteiger partial charge in [-0.2, -0.15) is 5.10 Å². The lowest BCUT2D eigenvalue weighted by atomic mass is 9.98. The predicted molar refractivity (Wildman–Crippen MR) is 78.2 cm³/mol. The summed E-state index contributed by atoms with van der Waals surface area (Å²) in [4.78, 5) is 0. The van der Waals surface area contributed by atoms with Crippen LogP contribution in [0.3, 0.4) is 0 Å². The molecule has 0 saturated carbocycles. The van der Waals surface area contributed by atoms with Crippen LogP contribution >= 0.6 is 0 Å². The van der Waals surface area contributed by atoms with Gasteiger partial charge in [-0.05, 0) is 50.4 Å². The second-order valence-electron chi connectivity index (χ2n) is 5.46. The Balaban J connectivity index is 2.08. The van der Waals surface area contributed by atoms with Crippen molar-refractivity contribution in [2.75, 3.05) is 7.05 Å². The van der Waals surface area contributed by atoms with Crippen molar-refractivity contribution in [2.45, 2.75) is 32.7 Å². The lowest BCUT2D eigenvalue weighted by Gasteiger charge is -2.11. The topological polar surface area (TPSA) is 29.9 Å². The second-order valence-corrected chi connectivity index (χ2v) is 5.46. The average molecular weight is 255 g/mol. The molecule has 1 unspecified atom stereocenters. The van der Waals surface area contributed by atoms with Crippen molar-refractivity contribution in [3.8, 4) is 11.1 Å². The monoisotopic (exact) mass is 255 g/mol. The van der Waals surface area contributed by atoms with E-state index in [9.17, 15) is 0 Å². The summed E-state index contributed by atoms with van der Waals surface area (Å²) in [6.07, 6.45) is 2.38. The van der Waals surface area contributed by atoms with Gasteiger partial charge in [0.2, 0.25) is 0 Å². The number of nitrogens with one attached hydrogen (secondary N) is 1. The molecule has 1 atom stereocenters. The summed E-state index contributed by atoms with van der Waals surface area (Å²) in [5.74, 6) is 0. The van der Waals surface area contributed by atoms with Crippen LogP contribution in [0.4, 0.5) is 0 Å². The Morgan fingerprint density at radius 2 is 2.11 bits per heavy atom. The van der Waals surface area contributed by atoms with Crippen molar-refractivity contribution in [3.63, 3.8) is 0 Å². The highest BCUT2D eigenvalue weighted by Crippen LogP contribution is 2.35. The van der Waals surface area contributed by atoms with E-state index >= 15 is 0 Å². The highest BCUT2D eigenvalue weighted by Gasteiger charge is 2.22. The second kappa shape index (κ2) is 4.49. The summed E-state index contributed by atoms with van der Waals surface area (Å²) in [6.45, 7) is 4.23. The number of rotatable bonds is 2. The SMILES string of the molecule is CNC1CCc2cc(-c3c(C)nn(C)c3C)ccc21. The first-order valence-corrected chi connectivity index (χ1v) is 6.92. The first kappa shape index (κ1) is 12.4. The molecule has 3 rings (SSSR count). The molecule has 0 fully saturated rings. The van der Waals surface area contributed by atoms with E-state index in [0.29, 0.717) is 6.04 Å². The zero-order chi connectivity index (χ0) is 13.6. The lowest BCUT2D eigenvalue weighted by Crippen LogP contribution is -2.12. The van der Waals surface area contributed by atoms with E-state index in [1.807, 2.05) is 18.8 Å². The number of hydrogen-bond donors (Lipinski definition) is 1. The number of benzene rings is 1. The first-order chi connectivity index (χ1) is 9.11. The van der Waals surface area contributed by atoms with E-state index in [-0.39, 0.29) is 0 Å². The number of nitrogens with zero attached hydrogens (tertiary/aromatic N) is 2. The number of fused-ring (bicyclic) bond motifs is 1. The molecule has 2 aromatic rings. The van der Waals surface area contributed by atoms with Gasteiger partial charge in [0, 0.05) is 24.3 Å². The van der Waals surface area contributed by atoms with Gasteiger partial charge in [-0.25, -0.2) is 0 Å². The molecule has 3 nitrogen and oxygen atoms in total. The highest BCUT2D eigenvalue weighted by molar-refractivity contribution is 5.70. The molecule has 1 aliphatic carbocycles. The van der Waals surface area contributed by atoms with E-state index in [1.165, 1.54) is 40.8 Å². The average Bonchev–Trinajstić information content (AvgIpc) is 2.90. The third kappa shape index (κ3) is 1.89. The molecule has 19 heavy (non-hydrogen) atoms. The van der Waals surface area contributed by atoms with Crippen LogP contribution in [-0.4, -0.2) is 16.8 Å². The van der Waals surface area contributed by atoms with E-state index in [2.05, 4.69) is 42.5 Å². The Morgan fingerprint density at radius 1 is 1.32 bits per heavy atom. The van der Waals surface area contributed by atoms with Crippen molar-refractivity contribution in [3.05, 3.63) is 40.7 Å². The van der Waals surface area contributed by atoms with Crippen molar-refractivity contribution < 1.29 is 0 Å². The van der Waals surface area contributed by atoms with Crippen LogP contribution in [0.25, 0.3) is 11.1 Å². The molecule has 3 heteroatoms. The molecule has 0 radical (unpaired) electrons. The minimum Gasteiger partial charge on any atom is -0.313 e. The molecule has 1 aromatic heterocycles. The maximum atomic E-state index is 4.52. The quantitative estimate of drug-likeness (QED) is 0.894. The van der Waals surface area contributed by atoms with Crippen LogP contribution in [0.1, 0.15) is 35.0 Å². The Hall–Kier alpha value is -1.61. The zero-order valence-electron chi connectivity index (χ0n) is 12.1. The predicted octanol–water partition coefficient (Wildman–Crippen LogP) is 2.91. The minimum absolute atomic E-state index is 0.528. The van der Waals surface area contributed by atoms with Crippen molar-refractivity contribution in [1.29, 1.82) is 0 Å². The zero-order valence-corrected chi connectivity index (χ0v) is 12.1. The summed E-state index contributed by atoms with van der Waals surface area (Å²) in [6, 6.07) is 7.40. The van der Waals surface area contributed by atoms with E-state index in [4.69, 9.17) is 0 Å². The third-order valence-electron chi connectivity index (χ3n) is 4.37. The standard InChI is InChI=1S/C16H21N3/c1-10-16(11(2)19(4)18-10)13-5-7-14-12(9-13)6-8-15(14)17-3/h5,7,9,15,17H,6,8H2,1-4H3. The third-order valence-corrected chi connectivity index (χ3v) is 4.37. The van der Waals surface area contributed by atoms with Gasteiger partial charge < -0.3 is 5.32 Å². The molecule has 1 aromatic carbocycles. The van der Waals surface area contributed by atoms with Gasteiger partial charge >= 0.3 is 0 Å². The molecule has 100 valence electrons. The molecule has 1 N–H and O–H groups in total. The van der Waals surface area contributed by atoms with Crippen LogP contribution < -0.4 is 5.32 Å². The van der Waals surface area contributed by atoms with Gasteiger partial charge in [0.15, 0.2) is 0 Å². The lowest BCUT2D eigenvalue weighted by molar-refractivity contribution is 0.590. The van der Waals surface area contributed by atoms with Crippen LogP contribution in [0, 0.1) is 13.8 Å². The molecular formula is C16H21N3. The summed E-state index contributed by atoms with van der Waals surface area (Å²) in [5.41, 5.74) is 7.89. The summed E-state index contributed by atoms with van der Waals surface area (Å²) >= 11 is 0. The maximum absolute atomic E-state index is 4.52. The fourth-order valence-electron chi connectivity index (χ4n) is 3.26. The van der Waals surface area contributed by atoms with Crippen molar-refractivity contribution in [2.24, 2.45) is 7.05 Å². The molecule has 0 bridgehead atoms. The fourth-order valence-corrected chi connectivity index (χ4v) is 3.26. The maximum Gasteiger partial charge on any atom is 0.0674 e. The molecular weight excluding hydrogens is 234 g/mol. The van der Waals surface area contributed by atoms with Gasteiger partial charge in [0.05, 0.1) is 5.69 Å². The summed E-state index contributed by atoms with van der Waals surface area (Å²) in [7, 11) is 4.05. The Labute approximate surface area is 114 Å². The molecule has 0 saturated heterocycles. The smallest absolute Gasteiger partial charge is 0.0674 e. The van der Waals surface area contributed by atoms with Gasteiger partial charge in [0.1, 0.15) is 0 Å². The van der Waals surface area contributed by atoms with Gasteiger partial charge in [0.25, 0.3) is 0 Å². The Morgan fingerprint density at radius 3 is 2.74 bits per heavy atom. The van der Waals surface area contributed by atoms with Crippen LogP contribution in [0.15, 0.2) is 18.2 Å². The fraction of sp³-hybridized carbons (Fsp3) is 0.438. The molecule has 0 amide bonds. The van der Waals surface area contributed by atoms with Gasteiger partial charge in [-0.3, -0.25) is 4.68 Å². The number of hydrogen-bond acceptors (Lipinski definition) is 2. The van der Waals surface area contributed by atoms with Crippen molar-refractivity contribution in [1.82, 2.24) is 15.1 Å². The van der Waals surface area contributed by atoms with Crippen LogP contribution in [-0.2, 0) is 13.5 Å². The van der Waals surface area contributed by atoms with Gasteiger partial charge in [-0.1, -0.05) is 18.2 Å². The summed E-state index contributed by atoms with van der Waals surface area (Å²) in [5, 5.41) is 7.91. The number of aryl methyl sites for hydroxylation is 3. The minimum atomic E-state index is 0.528. The largest absolute Gasteiger partial charge is 0.313 e. The Kier molecular flexibility index (Phi) is 2.94. The van der Waals surface area contributed by atoms with Crippen LogP contribution in [0.5, 0.6) is 0 Å².